The smallest absolute Gasteiger partial charge is 0.344 e. The summed E-state index contributed by atoms with van der Waals surface area (Å²) in [5, 5.41) is 10.8. The van der Waals surface area contributed by atoms with Crippen molar-refractivity contribution in [3.63, 3.8) is 0 Å². The number of benzene rings is 2. The van der Waals surface area contributed by atoms with Crippen molar-refractivity contribution < 1.29 is 19.4 Å². The highest BCUT2D eigenvalue weighted by molar-refractivity contribution is 8.18. The maximum atomic E-state index is 12.6. The molecule has 2 aromatic carbocycles. The van der Waals surface area contributed by atoms with E-state index in [1.807, 2.05) is 50.2 Å². The number of nitrogens with zero attached hydrogens (tertiary/aromatic N) is 1. The average molecular weight is 407 g/mol. The van der Waals surface area contributed by atoms with E-state index in [4.69, 9.17) is 4.74 Å². The third-order valence-electron chi connectivity index (χ3n) is 4.25. The normalized spacial score (nSPS) is 16.5. The van der Waals surface area contributed by atoms with Crippen LogP contribution >= 0.6 is 11.8 Å². The van der Waals surface area contributed by atoms with Crippen molar-refractivity contribution in [1.82, 2.24) is 0 Å². The second-order valence-corrected chi connectivity index (χ2v) is 7.58. The SMILES string of the molecule is CCOC(=O)C1=C(O)/C(=C/c2ccc(C)cc2)SC1=NC(=O)c1ccc(C)cc1. The molecule has 0 atom stereocenters. The highest BCUT2D eigenvalue weighted by Crippen LogP contribution is 2.39. The van der Waals surface area contributed by atoms with Crippen LogP contribution in [0.15, 0.2) is 69.8 Å². The number of thioether (sulfide) groups is 1. The van der Waals surface area contributed by atoms with Crippen molar-refractivity contribution in [3.05, 3.63) is 87.0 Å². The molecule has 6 heteroatoms. The molecule has 0 radical (unpaired) electrons. The fraction of sp³-hybridized carbons (Fsp3) is 0.174. The molecule has 5 nitrogen and oxygen atoms in total. The topological polar surface area (TPSA) is 76.0 Å². The summed E-state index contributed by atoms with van der Waals surface area (Å²) >= 11 is 1.07. The number of rotatable bonds is 4. The zero-order valence-corrected chi connectivity index (χ0v) is 17.2. The Morgan fingerprint density at radius 1 is 1.03 bits per heavy atom. The summed E-state index contributed by atoms with van der Waals surface area (Å²) in [5.41, 5.74) is 3.32. The fourth-order valence-corrected chi connectivity index (χ4v) is 3.67. The number of aliphatic imine (C=N–C) groups is 1. The van der Waals surface area contributed by atoms with Gasteiger partial charge in [-0.25, -0.2) is 9.79 Å². The summed E-state index contributed by atoms with van der Waals surface area (Å²) in [6.45, 7) is 5.74. The van der Waals surface area contributed by atoms with E-state index in [1.54, 1.807) is 25.1 Å². The zero-order chi connectivity index (χ0) is 21.0. The number of aliphatic hydroxyl groups excluding tert-OH is 1. The molecule has 1 amide bonds. The molecule has 1 aliphatic rings. The van der Waals surface area contributed by atoms with E-state index in [0.717, 1.165) is 28.5 Å². The van der Waals surface area contributed by atoms with Crippen molar-refractivity contribution in [2.75, 3.05) is 6.61 Å². The van der Waals surface area contributed by atoms with Crippen LogP contribution in [0.5, 0.6) is 0 Å². The van der Waals surface area contributed by atoms with Gasteiger partial charge in [0.05, 0.1) is 11.5 Å². The summed E-state index contributed by atoms with van der Waals surface area (Å²) < 4.78 is 5.05. The molecule has 148 valence electrons. The molecule has 0 fully saturated rings. The quantitative estimate of drug-likeness (QED) is 0.722. The molecular formula is C23H21NO4S. The predicted molar refractivity (Wildman–Crippen MR) is 116 cm³/mol. The maximum Gasteiger partial charge on any atom is 0.344 e. The standard InChI is InChI=1S/C23H21NO4S/c1-4-28-23(27)19-20(25)18(13-16-9-5-14(2)6-10-16)29-22(19)24-21(26)17-11-7-15(3)8-12-17/h5-13,25H,4H2,1-3H3/b18-13-,24-22?. The Hall–Kier alpha value is -3.12. The first-order valence-electron chi connectivity index (χ1n) is 9.16. The molecule has 0 aliphatic carbocycles. The van der Waals surface area contributed by atoms with Crippen LogP contribution in [-0.2, 0) is 9.53 Å². The lowest BCUT2D eigenvalue weighted by Crippen LogP contribution is -2.14. The molecule has 0 saturated heterocycles. The third-order valence-corrected chi connectivity index (χ3v) is 5.27. The molecule has 0 spiro atoms. The van der Waals surface area contributed by atoms with Gasteiger partial charge in [0.2, 0.25) is 0 Å². The van der Waals surface area contributed by atoms with E-state index in [2.05, 4.69) is 4.99 Å². The molecule has 1 N–H and O–H groups in total. The molecule has 3 rings (SSSR count). The van der Waals surface area contributed by atoms with Gasteiger partial charge in [0.25, 0.3) is 5.91 Å². The molecule has 0 bridgehead atoms. The lowest BCUT2D eigenvalue weighted by Gasteiger charge is -2.03. The highest BCUT2D eigenvalue weighted by atomic mass is 32.2. The van der Waals surface area contributed by atoms with Crippen LogP contribution in [-0.4, -0.2) is 28.6 Å². The fourth-order valence-electron chi connectivity index (χ4n) is 2.66. The Morgan fingerprint density at radius 3 is 2.21 bits per heavy atom. The molecule has 1 aliphatic heterocycles. The molecule has 0 saturated carbocycles. The van der Waals surface area contributed by atoms with Crippen LogP contribution in [0.4, 0.5) is 0 Å². The summed E-state index contributed by atoms with van der Waals surface area (Å²) in [4.78, 5) is 29.5. The van der Waals surface area contributed by atoms with Crippen LogP contribution < -0.4 is 0 Å². The number of hydrogen-bond acceptors (Lipinski definition) is 5. The number of aryl methyl sites for hydroxylation is 2. The molecule has 0 aromatic heterocycles. The van der Waals surface area contributed by atoms with Crippen LogP contribution in [0.2, 0.25) is 0 Å². The van der Waals surface area contributed by atoms with Gasteiger partial charge in [-0.3, -0.25) is 4.79 Å². The lowest BCUT2D eigenvalue weighted by molar-refractivity contribution is -0.138. The first kappa shape index (κ1) is 20.6. The number of hydrogen-bond donors (Lipinski definition) is 1. The average Bonchev–Trinajstić information content (AvgIpc) is 2.99. The van der Waals surface area contributed by atoms with Gasteiger partial charge >= 0.3 is 5.97 Å². The molecule has 0 unspecified atom stereocenters. The Bertz CT molecular complexity index is 1030. The largest absolute Gasteiger partial charge is 0.506 e. The zero-order valence-electron chi connectivity index (χ0n) is 16.4. The van der Waals surface area contributed by atoms with E-state index in [9.17, 15) is 14.7 Å². The van der Waals surface area contributed by atoms with Gasteiger partial charge in [-0.15, -0.1) is 0 Å². The van der Waals surface area contributed by atoms with E-state index in [1.165, 1.54) is 0 Å². The number of carbonyl (C=O) groups is 2. The van der Waals surface area contributed by atoms with Gasteiger partial charge in [0.1, 0.15) is 16.4 Å². The van der Waals surface area contributed by atoms with Crippen LogP contribution in [0.1, 0.15) is 34.0 Å². The second kappa shape index (κ2) is 8.92. The number of esters is 1. The number of aliphatic hydroxyl groups is 1. The van der Waals surface area contributed by atoms with Gasteiger partial charge in [-0.2, -0.15) is 0 Å². The second-order valence-electron chi connectivity index (χ2n) is 6.55. The van der Waals surface area contributed by atoms with Crippen molar-refractivity contribution >= 4 is 34.8 Å². The number of carbonyl (C=O) groups excluding carboxylic acids is 2. The van der Waals surface area contributed by atoms with Crippen LogP contribution in [0.25, 0.3) is 6.08 Å². The summed E-state index contributed by atoms with van der Waals surface area (Å²) in [6.07, 6.45) is 1.75. The Balaban J connectivity index is 1.99. The van der Waals surface area contributed by atoms with Crippen molar-refractivity contribution in [2.45, 2.75) is 20.8 Å². The monoisotopic (exact) mass is 407 g/mol. The first-order chi connectivity index (χ1) is 13.9. The van der Waals surface area contributed by atoms with Gasteiger partial charge in [-0.1, -0.05) is 59.3 Å². The van der Waals surface area contributed by atoms with Gasteiger partial charge in [-0.05, 0) is 44.5 Å². The van der Waals surface area contributed by atoms with Gasteiger partial charge in [0.15, 0.2) is 0 Å². The van der Waals surface area contributed by atoms with E-state index in [0.29, 0.717) is 10.5 Å². The minimum atomic E-state index is -0.708. The Labute approximate surface area is 173 Å². The van der Waals surface area contributed by atoms with Crippen molar-refractivity contribution in [2.24, 2.45) is 4.99 Å². The summed E-state index contributed by atoms with van der Waals surface area (Å²) in [5.74, 6) is -1.43. The molecule has 29 heavy (non-hydrogen) atoms. The molecule has 1 heterocycles. The van der Waals surface area contributed by atoms with E-state index >= 15 is 0 Å². The Kier molecular flexibility index (Phi) is 6.34. The van der Waals surface area contributed by atoms with Crippen LogP contribution in [0.3, 0.4) is 0 Å². The van der Waals surface area contributed by atoms with Gasteiger partial charge in [0, 0.05) is 5.56 Å². The minimum Gasteiger partial charge on any atom is -0.506 e. The summed E-state index contributed by atoms with van der Waals surface area (Å²) in [7, 11) is 0. The Morgan fingerprint density at radius 2 is 1.62 bits per heavy atom. The van der Waals surface area contributed by atoms with Crippen molar-refractivity contribution in [1.29, 1.82) is 0 Å². The van der Waals surface area contributed by atoms with Crippen LogP contribution in [0, 0.1) is 13.8 Å². The number of ether oxygens (including phenoxy) is 1. The van der Waals surface area contributed by atoms with E-state index in [-0.39, 0.29) is 23.0 Å². The first-order valence-corrected chi connectivity index (χ1v) is 9.97. The number of amides is 1. The third kappa shape index (κ3) is 4.84. The minimum absolute atomic E-state index is 0.0873. The van der Waals surface area contributed by atoms with Gasteiger partial charge < -0.3 is 9.84 Å². The predicted octanol–water partition coefficient (Wildman–Crippen LogP) is 5.01. The lowest BCUT2D eigenvalue weighted by atomic mass is 10.1. The molecular weight excluding hydrogens is 386 g/mol. The highest BCUT2D eigenvalue weighted by Gasteiger charge is 2.33. The maximum absolute atomic E-state index is 12.6. The molecule has 2 aromatic rings. The van der Waals surface area contributed by atoms with E-state index < -0.39 is 11.9 Å². The van der Waals surface area contributed by atoms with Crippen molar-refractivity contribution in [3.8, 4) is 0 Å². The summed E-state index contributed by atoms with van der Waals surface area (Å²) in [6, 6.07) is 14.7.